The van der Waals surface area contributed by atoms with Crippen molar-refractivity contribution in [2.24, 2.45) is 0 Å². The number of nitrogen functional groups attached to an aromatic ring is 1. The number of amides is 1. The molecular weight excluding hydrogens is 224 g/mol. The van der Waals surface area contributed by atoms with Crippen molar-refractivity contribution in [2.45, 2.75) is 0 Å². The molecule has 2 aromatic rings. The summed E-state index contributed by atoms with van der Waals surface area (Å²) in [6.45, 7) is 0. The van der Waals surface area contributed by atoms with Crippen molar-refractivity contribution in [1.29, 1.82) is 0 Å². The molecule has 6 heteroatoms. The van der Waals surface area contributed by atoms with Gasteiger partial charge in [0.1, 0.15) is 4.88 Å². The monoisotopic (exact) mass is 234 g/mol. The lowest BCUT2D eigenvalue weighted by molar-refractivity contribution is 0.0997. The largest absolute Gasteiger partial charge is 0.397 e. The lowest BCUT2D eigenvalue weighted by Crippen LogP contribution is -2.26. The third-order valence-corrected chi connectivity index (χ3v) is 2.83. The fraction of sp³-hybridized carbons (Fsp3) is 0.100. The number of anilines is 2. The van der Waals surface area contributed by atoms with Crippen molar-refractivity contribution in [3.63, 3.8) is 0 Å². The van der Waals surface area contributed by atoms with E-state index in [0.717, 1.165) is 11.5 Å². The molecule has 0 fully saturated rings. The van der Waals surface area contributed by atoms with Gasteiger partial charge in [0.25, 0.3) is 5.91 Å². The molecule has 0 saturated heterocycles. The first-order valence-corrected chi connectivity index (χ1v) is 5.37. The summed E-state index contributed by atoms with van der Waals surface area (Å²) in [6.07, 6.45) is 1.45. The summed E-state index contributed by atoms with van der Waals surface area (Å²) in [5.41, 5.74) is 7.04. The minimum atomic E-state index is -0.159. The summed E-state index contributed by atoms with van der Waals surface area (Å²) < 4.78 is 3.65. The number of carbonyl (C=O) groups is 1. The number of nitrogens with two attached hydrogens (primary N) is 1. The van der Waals surface area contributed by atoms with Gasteiger partial charge in [0, 0.05) is 7.05 Å². The van der Waals surface area contributed by atoms with Gasteiger partial charge in [0.15, 0.2) is 0 Å². The van der Waals surface area contributed by atoms with Crippen LogP contribution in [0, 0.1) is 0 Å². The zero-order valence-corrected chi connectivity index (χ0v) is 9.44. The molecular formula is C10H10N4OS. The second kappa shape index (κ2) is 4.28. The van der Waals surface area contributed by atoms with Gasteiger partial charge in [-0.15, -0.1) is 5.10 Å². The summed E-state index contributed by atoms with van der Waals surface area (Å²) in [6, 6.07) is 7.21. The van der Waals surface area contributed by atoms with Crippen molar-refractivity contribution in [3.05, 3.63) is 35.3 Å². The number of rotatable bonds is 2. The molecule has 5 nitrogen and oxygen atoms in total. The van der Waals surface area contributed by atoms with Crippen molar-refractivity contribution >= 4 is 28.8 Å². The highest BCUT2D eigenvalue weighted by molar-refractivity contribution is 7.07. The molecule has 16 heavy (non-hydrogen) atoms. The van der Waals surface area contributed by atoms with Gasteiger partial charge in [-0.3, -0.25) is 4.79 Å². The Morgan fingerprint density at radius 1 is 1.44 bits per heavy atom. The molecule has 1 amide bonds. The van der Waals surface area contributed by atoms with E-state index in [1.165, 1.54) is 11.1 Å². The minimum Gasteiger partial charge on any atom is -0.397 e. The Kier molecular flexibility index (Phi) is 2.82. The number of para-hydroxylation sites is 2. The van der Waals surface area contributed by atoms with Crippen LogP contribution in [-0.2, 0) is 0 Å². The van der Waals surface area contributed by atoms with Gasteiger partial charge in [-0.1, -0.05) is 16.6 Å². The van der Waals surface area contributed by atoms with Gasteiger partial charge in [-0.05, 0) is 23.7 Å². The number of hydrogen-bond donors (Lipinski definition) is 1. The van der Waals surface area contributed by atoms with Gasteiger partial charge in [0.2, 0.25) is 0 Å². The molecule has 0 radical (unpaired) electrons. The van der Waals surface area contributed by atoms with Gasteiger partial charge >= 0.3 is 0 Å². The van der Waals surface area contributed by atoms with E-state index in [1.807, 2.05) is 12.1 Å². The first-order chi connectivity index (χ1) is 7.70. The normalized spacial score (nSPS) is 10.1. The van der Waals surface area contributed by atoms with Crippen LogP contribution in [0.5, 0.6) is 0 Å². The lowest BCUT2D eigenvalue weighted by atomic mass is 10.2. The lowest BCUT2D eigenvalue weighted by Gasteiger charge is -2.17. The molecule has 1 aromatic heterocycles. The second-order valence-electron chi connectivity index (χ2n) is 3.20. The molecule has 1 aromatic carbocycles. The van der Waals surface area contributed by atoms with Gasteiger partial charge < -0.3 is 10.6 Å². The van der Waals surface area contributed by atoms with E-state index in [1.54, 1.807) is 19.2 Å². The smallest absolute Gasteiger partial charge is 0.271 e. The van der Waals surface area contributed by atoms with Crippen LogP contribution in [0.2, 0.25) is 0 Å². The van der Waals surface area contributed by atoms with Crippen LogP contribution in [0.1, 0.15) is 9.67 Å². The van der Waals surface area contributed by atoms with Crippen LogP contribution in [0.15, 0.2) is 30.5 Å². The average Bonchev–Trinajstić information content (AvgIpc) is 2.81. The molecule has 0 bridgehead atoms. The summed E-state index contributed by atoms with van der Waals surface area (Å²) >= 11 is 1.07. The Morgan fingerprint density at radius 3 is 2.81 bits per heavy atom. The number of aromatic nitrogens is 2. The van der Waals surface area contributed by atoms with Crippen molar-refractivity contribution in [1.82, 2.24) is 9.59 Å². The van der Waals surface area contributed by atoms with Crippen LogP contribution in [0.4, 0.5) is 11.4 Å². The van der Waals surface area contributed by atoms with E-state index in [0.29, 0.717) is 16.3 Å². The predicted molar refractivity (Wildman–Crippen MR) is 63.5 cm³/mol. The maximum Gasteiger partial charge on any atom is 0.271 e. The number of benzene rings is 1. The molecule has 0 aliphatic rings. The average molecular weight is 234 g/mol. The highest BCUT2D eigenvalue weighted by Crippen LogP contribution is 2.23. The molecule has 2 N–H and O–H groups in total. The maximum atomic E-state index is 12.0. The number of hydrogen-bond acceptors (Lipinski definition) is 5. The third-order valence-electron chi connectivity index (χ3n) is 2.17. The molecule has 0 aliphatic carbocycles. The van der Waals surface area contributed by atoms with E-state index in [4.69, 9.17) is 5.73 Å². The quantitative estimate of drug-likeness (QED) is 0.797. The SMILES string of the molecule is CN(C(=O)c1cnns1)c1ccccc1N. The minimum absolute atomic E-state index is 0.159. The first kappa shape index (κ1) is 10.6. The Bertz CT molecular complexity index is 497. The summed E-state index contributed by atoms with van der Waals surface area (Å²) in [4.78, 5) is 13.9. The zero-order chi connectivity index (χ0) is 11.5. The first-order valence-electron chi connectivity index (χ1n) is 4.60. The van der Waals surface area contributed by atoms with Crippen LogP contribution < -0.4 is 10.6 Å². The highest BCUT2D eigenvalue weighted by atomic mass is 32.1. The fourth-order valence-corrected chi connectivity index (χ4v) is 1.82. The second-order valence-corrected chi connectivity index (χ2v) is 3.99. The Hall–Kier alpha value is -1.95. The third kappa shape index (κ3) is 1.87. The van der Waals surface area contributed by atoms with E-state index < -0.39 is 0 Å². The summed E-state index contributed by atoms with van der Waals surface area (Å²) in [5, 5.41) is 3.63. The maximum absolute atomic E-state index is 12.0. The Balaban J connectivity index is 2.30. The van der Waals surface area contributed by atoms with Gasteiger partial charge in [-0.2, -0.15) is 0 Å². The Labute approximate surface area is 96.7 Å². The van der Waals surface area contributed by atoms with Crippen LogP contribution in [0.3, 0.4) is 0 Å². The van der Waals surface area contributed by atoms with Crippen molar-refractivity contribution < 1.29 is 4.79 Å². The van der Waals surface area contributed by atoms with Crippen LogP contribution >= 0.6 is 11.5 Å². The van der Waals surface area contributed by atoms with Gasteiger partial charge in [0.05, 0.1) is 17.6 Å². The van der Waals surface area contributed by atoms with E-state index in [9.17, 15) is 4.79 Å². The van der Waals surface area contributed by atoms with Crippen molar-refractivity contribution in [2.75, 3.05) is 17.7 Å². The van der Waals surface area contributed by atoms with E-state index in [-0.39, 0.29) is 5.91 Å². The number of carbonyl (C=O) groups excluding carboxylic acids is 1. The predicted octanol–water partition coefficient (Wildman–Crippen LogP) is 1.40. The fourth-order valence-electron chi connectivity index (χ4n) is 1.33. The molecule has 0 aliphatic heterocycles. The van der Waals surface area contributed by atoms with Gasteiger partial charge in [-0.25, -0.2) is 0 Å². The Morgan fingerprint density at radius 2 is 2.19 bits per heavy atom. The molecule has 0 saturated carbocycles. The molecule has 0 unspecified atom stereocenters. The summed E-state index contributed by atoms with van der Waals surface area (Å²) in [7, 11) is 1.67. The molecule has 0 atom stereocenters. The van der Waals surface area contributed by atoms with Crippen molar-refractivity contribution in [3.8, 4) is 0 Å². The number of nitrogens with zero attached hydrogens (tertiary/aromatic N) is 3. The molecule has 1 heterocycles. The standard InChI is InChI=1S/C10H10N4OS/c1-14(8-5-3-2-4-7(8)11)10(15)9-6-12-13-16-9/h2-6H,11H2,1H3. The summed E-state index contributed by atoms with van der Waals surface area (Å²) in [5.74, 6) is -0.159. The van der Waals surface area contributed by atoms with Crippen LogP contribution in [0.25, 0.3) is 0 Å². The van der Waals surface area contributed by atoms with E-state index in [2.05, 4.69) is 9.59 Å². The topological polar surface area (TPSA) is 72.1 Å². The molecule has 0 spiro atoms. The van der Waals surface area contributed by atoms with E-state index >= 15 is 0 Å². The van der Waals surface area contributed by atoms with Crippen LogP contribution in [-0.4, -0.2) is 22.5 Å². The zero-order valence-electron chi connectivity index (χ0n) is 8.62. The molecule has 2 rings (SSSR count). The molecule has 82 valence electrons. The highest BCUT2D eigenvalue weighted by Gasteiger charge is 2.16.